The van der Waals surface area contributed by atoms with E-state index in [-0.39, 0.29) is 0 Å². The van der Waals surface area contributed by atoms with Crippen LogP contribution in [0.4, 0.5) is 0 Å². The molecule has 1 aromatic heterocycles. The minimum Gasteiger partial charge on any atom is -0.313 e. The van der Waals surface area contributed by atoms with Crippen molar-refractivity contribution in [2.75, 3.05) is 6.54 Å². The fraction of sp³-hybridized carbons (Fsp3) is 0.765. The van der Waals surface area contributed by atoms with Gasteiger partial charge in [0.25, 0.3) is 0 Å². The van der Waals surface area contributed by atoms with E-state index >= 15 is 0 Å². The van der Waals surface area contributed by atoms with Crippen LogP contribution in [0.1, 0.15) is 64.4 Å². The maximum atomic E-state index is 3.85. The monoisotopic (exact) mass is 279 g/mol. The molecule has 1 aliphatic rings. The normalized spacial score (nSPS) is 20.3. The highest BCUT2D eigenvalue weighted by atomic mass is 32.1. The summed E-state index contributed by atoms with van der Waals surface area (Å²) < 4.78 is 0. The molecule has 1 unspecified atom stereocenters. The van der Waals surface area contributed by atoms with Gasteiger partial charge in [-0.05, 0) is 66.5 Å². The number of thiophene rings is 1. The first-order chi connectivity index (χ1) is 9.24. The van der Waals surface area contributed by atoms with E-state index in [1.54, 1.807) is 0 Å². The van der Waals surface area contributed by atoms with Gasteiger partial charge in [0.05, 0.1) is 0 Å². The molecule has 1 nitrogen and oxygen atoms in total. The van der Waals surface area contributed by atoms with Crippen molar-refractivity contribution >= 4 is 11.3 Å². The molecule has 1 N–H and O–H groups in total. The molecular weight excluding hydrogens is 250 g/mol. The van der Waals surface area contributed by atoms with E-state index < -0.39 is 0 Å². The highest BCUT2D eigenvalue weighted by Gasteiger charge is 2.34. The Labute approximate surface area is 122 Å². The van der Waals surface area contributed by atoms with Gasteiger partial charge >= 0.3 is 0 Å². The van der Waals surface area contributed by atoms with Crippen molar-refractivity contribution in [1.29, 1.82) is 0 Å². The summed E-state index contributed by atoms with van der Waals surface area (Å²) in [6, 6.07) is 2.98. The average Bonchev–Trinajstić information content (AvgIpc) is 2.92. The molecule has 1 fully saturated rings. The molecule has 0 bridgehead atoms. The first-order valence-electron chi connectivity index (χ1n) is 7.99. The van der Waals surface area contributed by atoms with E-state index in [4.69, 9.17) is 0 Å². The van der Waals surface area contributed by atoms with Crippen LogP contribution in [0.2, 0.25) is 0 Å². The number of hydrogen-bond donors (Lipinski definition) is 1. The van der Waals surface area contributed by atoms with Gasteiger partial charge in [-0.1, -0.05) is 33.1 Å². The fourth-order valence-electron chi connectivity index (χ4n) is 3.47. The van der Waals surface area contributed by atoms with Crippen LogP contribution in [0.5, 0.6) is 0 Å². The van der Waals surface area contributed by atoms with Crippen LogP contribution in [0.25, 0.3) is 0 Å². The number of hydrogen-bond acceptors (Lipinski definition) is 2. The predicted octanol–water partition coefficient (Wildman–Crippen LogP) is 5.02. The summed E-state index contributed by atoms with van der Waals surface area (Å²) >= 11 is 1.82. The summed E-state index contributed by atoms with van der Waals surface area (Å²) in [6.45, 7) is 5.96. The number of rotatable bonds is 7. The zero-order chi connectivity index (χ0) is 13.6. The molecule has 108 valence electrons. The Morgan fingerprint density at radius 1 is 1.32 bits per heavy atom. The van der Waals surface area contributed by atoms with Crippen LogP contribution >= 0.6 is 11.3 Å². The largest absolute Gasteiger partial charge is 0.313 e. The molecule has 2 rings (SSSR count). The Kier molecular flexibility index (Phi) is 5.90. The molecule has 0 spiro atoms. The molecule has 1 aliphatic carbocycles. The van der Waals surface area contributed by atoms with E-state index in [9.17, 15) is 0 Å². The molecule has 2 heteroatoms. The SMILES string of the molecule is CCCNC(CCc1ccsc1)C1(C)CCCCC1. The summed E-state index contributed by atoms with van der Waals surface area (Å²) in [5, 5.41) is 8.35. The van der Waals surface area contributed by atoms with Gasteiger partial charge in [0.15, 0.2) is 0 Å². The molecule has 1 heterocycles. The van der Waals surface area contributed by atoms with Crippen molar-refractivity contribution in [2.45, 2.75) is 71.3 Å². The molecule has 0 saturated heterocycles. The molecule has 19 heavy (non-hydrogen) atoms. The third-order valence-electron chi connectivity index (χ3n) is 4.78. The highest BCUT2D eigenvalue weighted by molar-refractivity contribution is 7.07. The van der Waals surface area contributed by atoms with Crippen LogP contribution in [0.3, 0.4) is 0 Å². The Hall–Kier alpha value is -0.340. The highest BCUT2D eigenvalue weighted by Crippen LogP contribution is 2.40. The van der Waals surface area contributed by atoms with E-state index in [2.05, 4.69) is 36.0 Å². The van der Waals surface area contributed by atoms with Crippen LogP contribution in [0.15, 0.2) is 16.8 Å². The molecule has 1 saturated carbocycles. The number of aryl methyl sites for hydroxylation is 1. The van der Waals surface area contributed by atoms with Crippen molar-refractivity contribution in [3.8, 4) is 0 Å². The first kappa shape index (κ1) is 15.1. The summed E-state index contributed by atoms with van der Waals surface area (Å²) in [6.07, 6.45) is 10.9. The van der Waals surface area contributed by atoms with E-state index in [1.165, 1.54) is 63.5 Å². The molecule has 0 radical (unpaired) electrons. The Morgan fingerprint density at radius 2 is 2.11 bits per heavy atom. The summed E-state index contributed by atoms with van der Waals surface area (Å²) in [5.74, 6) is 0. The maximum Gasteiger partial charge on any atom is 0.0124 e. The summed E-state index contributed by atoms with van der Waals surface area (Å²) in [7, 11) is 0. The van der Waals surface area contributed by atoms with Gasteiger partial charge in [-0.25, -0.2) is 0 Å². The van der Waals surface area contributed by atoms with Gasteiger partial charge in [-0.2, -0.15) is 11.3 Å². The van der Waals surface area contributed by atoms with Gasteiger partial charge in [-0.15, -0.1) is 0 Å². The first-order valence-corrected chi connectivity index (χ1v) is 8.93. The smallest absolute Gasteiger partial charge is 0.0124 e. The van der Waals surface area contributed by atoms with Crippen molar-refractivity contribution in [1.82, 2.24) is 5.32 Å². The standard InChI is InChI=1S/C17H29NS/c1-3-12-18-16(8-7-15-9-13-19-14-15)17(2)10-5-4-6-11-17/h9,13-14,16,18H,3-8,10-12H2,1-2H3. The number of nitrogens with one attached hydrogen (secondary N) is 1. The molecule has 0 aliphatic heterocycles. The molecule has 1 aromatic rings. The lowest BCUT2D eigenvalue weighted by Crippen LogP contribution is -2.45. The average molecular weight is 279 g/mol. The predicted molar refractivity (Wildman–Crippen MR) is 85.9 cm³/mol. The summed E-state index contributed by atoms with van der Waals surface area (Å²) in [4.78, 5) is 0. The molecule has 0 amide bonds. The van der Waals surface area contributed by atoms with Crippen LogP contribution < -0.4 is 5.32 Å². The zero-order valence-electron chi connectivity index (χ0n) is 12.6. The molecule has 0 aromatic carbocycles. The van der Waals surface area contributed by atoms with Gasteiger partial charge in [-0.3, -0.25) is 0 Å². The second-order valence-electron chi connectivity index (χ2n) is 6.39. The van der Waals surface area contributed by atoms with E-state index in [0.717, 1.165) is 0 Å². The van der Waals surface area contributed by atoms with Crippen LogP contribution in [-0.2, 0) is 6.42 Å². The minimum absolute atomic E-state index is 0.531. The van der Waals surface area contributed by atoms with Crippen molar-refractivity contribution < 1.29 is 0 Å². The van der Waals surface area contributed by atoms with Crippen LogP contribution in [-0.4, -0.2) is 12.6 Å². The van der Waals surface area contributed by atoms with Gasteiger partial charge < -0.3 is 5.32 Å². The second kappa shape index (κ2) is 7.44. The van der Waals surface area contributed by atoms with Crippen molar-refractivity contribution in [2.24, 2.45) is 5.41 Å². The minimum atomic E-state index is 0.531. The van der Waals surface area contributed by atoms with Gasteiger partial charge in [0.2, 0.25) is 0 Å². The Bertz CT molecular complexity index is 338. The maximum absolute atomic E-state index is 3.85. The van der Waals surface area contributed by atoms with Crippen molar-refractivity contribution in [3.05, 3.63) is 22.4 Å². The zero-order valence-corrected chi connectivity index (χ0v) is 13.4. The molecule has 1 atom stereocenters. The third-order valence-corrected chi connectivity index (χ3v) is 5.51. The van der Waals surface area contributed by atoms with Crippen molar-refractivity contribution in [3.63, 3.8) is 0 Å². The molecular formula is C17H29NS. The second-order valence-corrected chi connectivity index (χ2v) is 7.17. The Balaban J connectivity index is 1.93. The van der Waals surface area contributed by atoms with E-state index in [0.29, 0.717) is 11.5 Å². The van der Waals surface area contributed by atoms with Crippen LogP contribution in [0, 0.1) is 5.41 Å². The quantitative estimate of drug-likeness (QED) is 0.739. The third kappa shape index (κ3) is 4.32. The lowest BCUT2D eigenvalue weighted by molar-refractivity contribution is 0.138. The Morgan fingerprint density at radius 3 is 2.74 bits per heavy atom. The fourth-order valence-corrected chi connectivity index (χ4v) is 4.17. The van der Waals surface area contributed by atoms with Gasteiger partial charge in [0, 0.05) is 6.04 Å². The topological polar surface area (TPSA) is 12.0 Å². The summed E-state index contributed by atoms with van der Waals surface area (Å²) in [5.41, 5.74) is 2.05. The lowest BCUT2D eigenvalue weighted by Gasteiger charge is -2.41. The van der Waals surface area contributed by atoms with E-state index in [1.807, 2.05) is 11.3 Å². The van der Waals surface area contributed by atoms with Gasteiger partial charge in [0.1, 0.15) is 0 Å². The lowest BCUT2D eigenvalue weighted by atomic mass is 9.69.